The Bertz CT molecular complexity index is 1640. The molecule has 2 saturated carbocycles. The number of carbonyl (C=O) groups is 2. The number of hydrogen-bond donors (Lipinski definition) is 1. The van der Waals surface area contributed by atoms with Crippen molar-refractivity contribution in [2.75, 3.05) is 6.54 Å². The van der Waals surface area contributed by atoms with E-state index < -0.39 is 16.4 Å². The minimum atomic E-state index is -0.986. The van der Waals surface area contributed by atoms with Crippen LogP contribution in [0.5, 0.6) is 0 Å². The Morgan fingerprint density at radius 3 is 2.89 bits per heavy atom. The summed E-state index contributed by atoms with van der Waals surface area (Å²) in [5.74, 6) is 8.43. The molecule has 0 amide bonds. The first kappa shape index (κ1) is 29.1. The van der Waals surface area contributed by atoms with Crippen LogP contribution in [0.3, 0.4) is 0 Å². The molecule has 2 bridgehead atoms. The average molecular weight is 604 g/mol. The molecule has 2 spiro atoms. The van der Waals surface area contributed by atoms with Crippen molar-refractivity contribution in [2.45, 2.75) is 83.7 Å². The van der Waals surface area contributed by atoms with Gasteiger partial charge in [0, 0.05) is 23.8 Å². The second kappa shape index (κ2) is 10.3. The van der Waals surface area contributed by atoms with Gasteiger partial charge < -0.3 is 15.2 Å². The van der Waals surface area contributed by atoms with E-state index in [2.05, 4.69) is 80.4 Å². The van der Waals surface area contributed by atoms with Gasteiger partial charge in [0.1, 0.15) is 11.2 Å². The molecule has 1 saturated heterocycles. The summed E-state index contributed by atoms with van der Waals surface area (Å²) >= 11 is 0. The molecule has 5 nitrogen and oxygen atoms in total. The van der Waals surface area contributed by atoms with Gasteiger partial charge in [0.05, 0.1) is 11.0 Å². The first-order chi connectivity index (χ1) is 21.9. The van der Waals surface area contributed by atoms with E-state index in [1.165, 1.54) is 12.8 Å². The predicted molar refractivity (Wildman–Crippen MR) is 173 cm³/mol. The number of ether oxygens (including phenoxy) is 2. The summed E-state index contributed by atoms with van der Waals surface area (Å²) in [5.41, 5.74) is 5.87. The summed E-state index contributed by atoms with van der Waals surface area (Å²) < 4.78 is 13.3. The molecule has 0 aromatic heterocycles. The molecule has 1 aromatic carbocycles. The van der Waals surface area contributed by atoms with E-state index in [1.807, 2.05) is 6.07 Å². The van der Waals surface area contributed by atoms with Gasteiger partial charge in [0.2, 0.25) is 0 Å². The predicted octanol–water partition coefficient (Wildman–Crippen LogP) is 7.33. The number of rotatable bonds is 7. The highest BCUT2D eigenvalue weighted by molar-refractivity contribution is 5.99. The topological polar surface area (TPSA) is 78.6 Å². The maximum Gasteiger partial charge on any atom is 0.339 e. The van der Waals surface area contributed by atoms with E-state index in [1.54, 1.807) is 0 Å². The van der Waals surface area contributed by atoms with Crippen LogP contribution in [0, 0.1) is 57.7 Å². The monoisotopic (exact) mass is 603 g/mol. The molecule has 9 atom stereocenters. The molecular formula is C40H45NO4. The van der Waals surface area contributed by atoms with Crippen LogP contribution in [0.25, 0.3) is 0 Å². The highest BCUT2D eigenvalue weighted by atomic mass is 16.6. The molecule has 0 unspecified atom stereocenters. The maximum atomic E-state index is 14.4. The molecule has 2 N–H and O–H groups in total. The Morgan fingerprint density at radius 2 is 2.04 bits per heavy atom. The van der Waals surface area contributed by atoms with Gasteiger partial charge in [-0.1, -0.05) is 87.3 Å². The van der Waals surface area contributed by atoms with Crippen LogP contribution >= 0.6 is 0 Å². The number of benzene rings is 1. The molecule has 234 valence electrons. The summed E-state index contributed by atoms with van der Waals surface area (Å²) in [4.78, 5) is 28.5. The number of hydrogen-bond acceptors (Lipinski definition) is 5. The van der Waals surface area contributed by atoms with Gasteiger partial charge in [-0.15, -0.1) is 5.92 Å². The van der Waals surface area contributed by atoms with Crippen LogP contribution in [0.1, 0.15) is 93.1 Å². The van der Waals surface area contributed by atoms with Crippen LogP contribution in [0.2, 0.25) is 0 Å². The van der Waals surface area contributed by atoms with Crippen molar-refractivity contribution in [1.29, 1.82) is 0 Å². The lowest BCUT2D eigenvalue weighted by molar-refractivity contribution is -0.275. The van der Waals surface area contributed by atoms with Crippen molar-refractivity contribution in [1.82, 2.24) is 0 Å². The van der Waals surface area contributed by atoms with E-state index in [9.17, 15) is 9.59 Å². The number of nitrogens with two attached hydrogens (primary N) is 1. The van der Waals surface area contributed by atoms with Gasteiger partial charge in [-0.2, -0.15) is 0 Å². The fourth-order valence-electron chi connectivity index (χ4n) is 10.9. The molecule has 2 aliphatic heterocycles. The number of fused-ring (bicyclic) bond motifs is 4. The molecule has 0 radical (unpaired) electrons. The van der Waals surface area contributed by atoms with Crippen LogP contribution in [-0.2, 0) is 26.3 Å². The summed E-state index contributed by atoms with van der Waals surface area (Å²) in [6, 6.07) is 6.18. The zero-order valence-corrected chi connectivity index (χ0v) is 26.6. The van der Waals surface area contributed by atoms with Crippen LogP contribution in [-0.4, -0.2) is 18.5 Å². The molecule has 3 fully saturated rings. The molecule has 2 heterocycles. The van der Waals surface area contributed by atoms with Gasteiger partial charge in [-0.25, -0.2) is 4.79 Å². The lowest BCUT2D eigenvalue weighted by atomic mass is 9.31. The van der Waals surface area contributed by atoms with Gasteiger partial charge in [0.25, 0.3) is 0 Å². The summed E-state index contributed by atoms with van der Waals surface area (Å²) in [6.07, 6.45) is 24.8. The molecule has 7 aliphatic rings. The van der Waals surface area contributed by atoms with Gasteiger partial charge in [-0.05, 0) is 86.3 Å². The maximum absolute atomic E-state index is 14.4. The quantitative estimate of drug-likeness (QED) is 0.201. The van der Waals surface area contributed by atoms with Crippen LogP contribution in [0.15, 0.2) is 66.5 Å². The van der Waals surface area contributed by atoms with E-state index in [0.29, 0.717) is 42.0 Å². The lowest BCUT2D eigenvalue weighted by Gasteiger charge is -2.69. The van der Waals surface area contributed by atoms with Crippen molar-refractivity contribution in [3.8, 4) is 11.8 Å². The molecule has 45 heavy (non-hydrogen) atoms. The second-order valence-corrected chi connectivity index (χ2v) is 14.9. The van der Waals surface area contributed by atoms with Gasteiger partial charge >= 0.3 is 11.9 Å². The van der Waals surface area contributed by atoms with Crippen LogP contribution < -0.4 is 5.73 Å². The molecular weight excluding hydrogens is 558 g/mol. The Hall–Kier alpha value is -3.36. The largest absolute Gasteiger partial charge is 0.449 e. The highest BCUT2D eigenvalue weighted by Crippen LogP contribution is 2.84. The Balaban J connectivity index is 1.33. The smallest absolute Gasteiger partial charge is 0.339 e. The number of carbonyl (C=O) groups excluding carboxylic acids is 2. The fraction of sp³-hybridized carbons (Fsp3) is 0.550. The van der Waals surface area contributed by atoms with E-state index in [0.717, 1.165) is 56.1 Å². The molecule has 5 aliphatic carbocycles. The zero-order chi connectivity index (χ0) is 31.0. The van der Waals surface area contributed by atoms with E-state index in [4.69, 9.17) is 15.2 Å². The normalized spacial score (nSPS) is 41.5. The summed E-state index contributed by atoms with van der Waals surface area (Å²) in [7, 11) is 0. The standard InChI is InChI=1S/C40H45NO4/c1-3-26(2)24-32-38-22-19-27-10-6-14-30(37-20-5-4-13-29(37)15-8-21-37)17-18-33(44-36(38)43)39(38,25-27)40(32)31-16-7-11-28(12-9-23-41)34(31)35(42)45-40/h4-5,7,11,13,16,18-20,22,26-27,29-30,32H,3,8-9,12,14-15,17,21,23-25,41H2,1-2H3/b33-18+/t26-,27-,29-,30-,32-,37-,38-,39+,40+/m0/s1. The SMILES string of the molecule is CC[C@H](C)C[C@@H]1[C@@]2(OC(=O)c3c(CCCN)cccc32)[C@]23C[C@H]4C#CC[C@H]([C@]56C=CC=C[C@H]5CCC6)C/C=C\2OC(=O)[C@]13C=C4. The zero-order valence-electron chi connectivity index (χ0n) is 26.6. The van der Waals surface area contributed by atoms with Crippen molar-refractivity contribution in [3.63, 3.8) is 0 Å². The Kier molecular flexibility index (Phi) is 6.67. The number of allylic oxidation sites excluding steroid dienone is 6. The van der Waals surface area contributed by atoms with Crippen molar-refractivity contribution < 1.29 is 19.1 Å². The van der Waals surface area contributed by atoms with Crippen molar-refractivity contribution in [3.05, 3.63) is 83.2 Å². The van der Waals surface area contributed by atoms with E-state index in [-0.39, 0.29) is 29.2 Å². The third kappa shape index (κ3) is 3.56. The van der Waals surface area contributed by atoms with Crippen molar-refractivity contribution >= 4 is 11.9 Å². The fourth-order valence-corrected chi connectivity index (χ4v) is 10.9. The number of aryl methyl sites for hydroxylation is 1. The third-order valence-electron chi connectivity index (χ3n) is 13.1. The summed E-state index contributed by atoms with van der Waals surface area (Å²) in [5, 5.41) is 0. The molecule has 5 heteroatoms. The first-order valence-corrected chi connectivity index (χ1v) is 17.4. The van der Waals surface area contributed by atoms with Crippen molar-refractivity contribution in [2.24, 2.45) is 51.6 Å². The van der Waals surface area contributed by atoms with Gasteiger partial charge in [0.15, 0.2) is 5.60 Å². The Morgan fingerprint density at radius 1 is 1.16 bits per heavy atom. The third-order valence-corrected chi connectivity index (χ3v) is 13.1. The highest BCUT2D eigenvalue weighted by Gasteiger charge is 2.91. The second-order valence-electron chi connectivity index (χ2n) is 14.9. The van der Waals surface area contributed by atoms with Gasteiger partial charge in [-0.3, -0.25) is 4.79 Å². The average Bonchev–Trinajstić information content (AvgIpc) is 3.70. The molecule has 8 rings (SSSR count). The van der Waals surface area contributed by atoms with Crippen LogP contribution in [0.4, 0.5) is 0 Å². The molecule has 1 aromatic rings. The number of esters is 2. The minimum absolute atomic E-state index is 0.0574. The Labute approximate surface area is 267 Å². The first-order valence-electron chi connectivity index (χ1n) is 17.4. The van der Waals surface area contributed by atoms with E-state index >= 15 is 0 Å². The summed E-state index contributed by atoms with van der Waals surface area (Å²) in [6.45, 7) is 4.99. The minimum Gasteiger partial charge on any atom is -0.449 e. The lowest BCUT2D eigenvalue weighted by Crippen LogP contribution is -2.75.